The van der Waals surface area contributed by atoms with Crippen LogP contribution in [0.25, 0.3) is 0 Å². The Labute approximate surface area is 198 Å². The lowest BCUT2D eigenvalue weighted by Crippen LogP contribution is -2.48. The third kappa shape index (κ3) is 9.49. The average molecular weight is 553 g/mol. The van der Waals surface area contributed by atoms with Crippen LogP contribution >= 0.6 is 24.0 Å². The average Bonchev–Trinajstić information content (AvgIpc) is 2.69. The van der Waals surface area contributed by atoms with Crippen molar-refractivity contribution in [3.63, 3.8) is 0 Å². The van der Waals surface area contributed by atoms with Gasteiger partial charge >= 0.3 is 0 Å². The fraction of sp³-hybridized carbons (Fsp3) is 0.667. The highest BCUT2D eigenvalue weighted by Crippen LogP contribution is 2.33. The maximum absolute atomic E-state index is 12.2. The predicted octanol–water partition coefficient (Wildman–Crippen LogP) is 2.73. The summed E-state index contributed by atoms with van der Waals surface area (Å²) in [6, 6.07) is 9.48. The van der Waals surface area contributed by atoms with Crippen molar-refractivity contribution in [1.82, 2.24) is 15.4 Å². The molecule has 0 bridgehead atoms. The molecular formula is C21H37IN4O3S. The molecule has 7 nitrogen and oxygen atoms in total. The summed E-state index contributed by atoms with van der Waals surface area (Å²) in [5.41, 5.74) is 1.02. The molecule has 2 atom stereocenters. The van der Waals surface area contributed by atoms with Crippen LogP contribution in [-0.4, -0.2) is 53.0 Å². The summed E-state index contributed by atoms with van der Waals surface area (Å²) in [5.74, 6) is 0.998. The number of benzene rings is 1. The first-order chi connectivity index (χ1) is 13.7. The number of ether oxygens (including phenoxy) is 1. The van der Waals surface area contributed by atoms with E-state index in [4.69, 9.17) is 4.74 Å². The molecule has 2 rings (SSSR count). The summed E-state index contributed by atoms with van der Waals surface area (Å²) in [4.78, 5) is 4.21. The minimum atomic E-state index is -3.36. The molecule has 1 fully saturated rings. The lowest BCUT2D eigenvalue weighted by atomic mass is 9.78. The second kappa shape index (κ2) is 12.8. The van der Waals surface area contributed by atoms with E-state index in [2.05, 4.69) is 41.1 Å². The number of nitrogens with one attached hydrogen (secondary N) is 3. The van der Waals surface area contributed by atoms with E-state index in [0.717, 1.165) is 31.6 Å². The summed E-state index contributed by atoms with van der Waals surface area (Å²) >= 11 is 0. The Balaban J connectivity index is 0.00000450. The predicted molar refractivity (Wildman–Crippen MR) is 134 cm³/mol. The van der Waals surface area contributed by atoms with Gasteiger partial charge in [0.2, 0.25) is 10.0 Å². The number of halogens is 1. The van der Waals surface area contributed by atoms with Crippen molar-refractivity contribution >= 4 is 40.0 Å². The normalized spacial score (nSPS) is 20.3. The maximum Gasteiger partial charge on any atom is 0.213 e. The van der Waals surface area contributed by atoms with Crippen LogP contribution in [-0.2, 0) is 21.3 Å². The van der Waals surface area contributed by atoms with Crippen LogP contribution in [0.3, 0.4) is 0 Å². The Morgan fingerprint density at radius 1 is 1.20 bits per heavy atom. The molecule has 1 aliphatic rings. The van der Waals surface area contributed by atoms with E-state index < -0.39 is 10.0 Å². The van der Waals surface area contributed by atoms with E-state index in [1.807, 2.05) is 30.3 Å². The van der Waals surface area contributed by atoms with Crippen molar-refractivity contribution in [2.75, 3.05) is 32.5 Å². The third-order valence-corrected chi connectivity index (χ3v) is 6.38. The monoisotopic (exact) mass is 552 g/mol. The van der Waals surface area contributed by atoms with Crippen molar-refractivity contribution < 1.29 is 13.2 Å². The third-order valence-electron chi connectivity index (χ3n) is 5.06. The van der Waals surface area contributed by atoms with E-state index in [-0.39, 0.29) is 47.8 Å². The molecule has 0 radical (unpaired) electrons. The zero-order valence-corrected chi connectivity index (χ0v) is 21.6. The topological polar surface area (TPSA) is 91.8 Å². The molecule has 2 unspecified atom stereocenters. The van der Waals surface area contributed by atoms with Gasteiger partial charge < -0.3 is 15.4 Å². The molecular weight excluding hydrogens is 515 g/mol. The fourth-order valence-corrected chi connectivity index (χ4v) is 4.52. The van der Waals surface area contributed by atoms with E-state index >= 15 is 0 Å². The van der Waals surface area contributed by atoms with E-state index in [0.29, 0.717) is 18.4 Å². The van der Waals surface area contributed by atoms with Crippen molar-refractivity contribution in [2.24, 2.45) is 16.3 Å². The molecule has 0 aliphatic carbocycles. The van der Waals surface area contributed by atoms with Crippen LogP contribution < -0.4 is 15.4 Å². The molecule has 1 saturated heterocycles. The van der Waals surface area contributed by atoms with Gasteiger partial charge in [-0.05, 0) is 23.8 Å². The lowest BCUT2D eigenvalue weighted by molar-refractivity contribution is -0.0835. The maximum atomic E-state index is 12.2. The van der Waals surface area contributed by atoms with Crippen LogP contribution in [0, 0.1) is 11.3 Å². The van der Waals surface area contributed by atoms with Gasteiger partial charge in [-0.3, -0.25) is 4.99 Å². The molecule has 0 saturated carbocycles. The van der Waals surface area contributed by atoms with Crippen molar-refractivity contribution in [1.29, 1.82) is 0 Å². The van der Waals surface area contributed by atoms with E-state index in [9.17, 15) is 8.42 Å². The molecule has 1 aromatic carbocycles. The largest absolute Gasteiger partial charge is 0.377 e. The fourth-order valence-electron chi connectivity index (χ4n) is 3.62. The molecule has 0 aromatic heterocycles. The number of aliphatic imine (C=N–C) groups is 1. The standard InChI is InChI=1S/C21H36N4O3S.HI/c1-21(2,3)19-18(11-8-13-28-19)16-24-20(22-4)23-12-14-29(26,27)25-15-17-9-6-5-7-10-17;/h5-7,9-10,18-19,25H,8,11-16H2,1-4H3,(H2,22,23,24);1H. The zero-order chi connectivity index (χ0) is 21.3. The Morgan fingerprint density at radius 3 is 2.53 bits per heavy atom. The molecule has 0 amide bonds. The summed E-state index contributed by atoms with van der Waals surface area (Å²) in [5, 5.41) is 6.42. The van der Waals surface area contributed by atoms with Crippen molar-refractivity contribution in [3.05, 3.63) is 35.9 Å². The summed E-state index contributed by atoms with van der Waals surface area (Å²) in [7, 11) is -1.67. The molecule has 1 heterocycles. The number of rotatable bonds is 8. The van der Waals surface area contributed by atoms with Crippen molar-refractivity contribution in [3.8, 4) is 0 Å². The van der Waals surface area contributed by atoms with Crippen LogP contribution in [0.15, 0.2) is 35.3 Å². The second-order valence-corrected chi connectivity index (χ2v) is 10.5. The highest BCUT2D eigenvalue weighted by molar-refractivity contribution is 14.0. The van der Waals surface area contributed by atoms with Gasteiger partial charge in [-0.15, -0.1) is 24.0 Å². The van der Waals surface area contributed by atoms with Gasteiger partial charge in [0.1, 0.15) is 0 Å². The van der Waals surface area contributed by atoms with Gasteiger partial charge in [-0.25, -0.2) is 13.1 Å². The Bertz CT molecular complexity index is 751. The van der Waals surface area contributed by atoms with Gasteiger partial charge in [-0.1, -0.05) is 51.1 Å². The SMILES string of the molecule is CN=C(NCCS(=O)(=O)NCc1ccccc1)NCC1CCCOC1C(C)(C)C.I. The number of nitrogens with zero attached hydrogens (tertiary/aromatic N) is 1. The smallest absolute Gasteiger partial charge is 0.213 e. The molecule has 1 aromatic rings. The molecule has 172 valence electrons. The zero-order valence-electron chi connectivity index (χ0n) is 18.5. The Hall–Kier alpha value is -0.910. The van der Waals surface area contributed by atoms with Crippen LogP contribution in [0.2, 0.25) is 0 Å². The van der Waals surface area contributed by atoms with Gasteiger partial charge in [0.25, 0.3) is 0 Å². The van der Waals surface area contributed by atoms with E-state index in [1.165, 1.54) is 0 Å². The van der Waals surface area contributed by atoms with Gasteiger partial charge in [0.15, 0.2) is 5.96 Å². The van der Waals surface area contributed by atoms with E-state index in [1.54, 1.807) is 7.05 Å². The van der Waals surface area contributed by atoms with Gasteiger partial charge in [-0.2, -0.15) is 0 Å². The summed E-state index contributed by atoms with van der Waals surface area (Å²) < 4.78 is 33.1. The highest BCUT2D eigenvalue weighted by atomic mass is 127. The molecule has 0 spiro atoms. The molecule has 1 aliphatic heterocycles. The lowest BCUT2D eigenvalue weighted by Gasteiger charge is -2.40. The van der Waals surface area contributed by atoms with Gasteiger partial charge in [0.05, 0.1) is 11.9 Å². The quantitative estimate of drug-likeness (QED) is 0.262. The number of hydrogen-bond acceptors (Lipinski definition) is 4. The molecule has 3 N–H and O–H groups in total. The Morgan fingerprint density at radius 2 is 1.90 bits per heavy atom. The minimum Gasteiger partial charge on any atom is -0.377 e. The first-order valence-electron chi connectivity index (χ1n) is 10.3. The summed E-state index contributed by atoms with van der Waals surface area (Å²) in [6.07, 6.45) is 2.38. The Kier molecular flexibility index (Phi) is 11.6. The van der Waals surface area contributed by atoms with Crippen LogP contribution in [0.1, 0.15) is 39.2 Å². The summed E-state index contributed by atoms with van der Waals surface area (Å²) in [6.45, 7) is 8.77. The minimum absolute atomic E-state index is 0. The first-order valence-corrected chi connectivity index (χ1v) is 11.9. The first kappa shape index (κ1) is 27.1. The molecule has 30 heavy (non-hydrogen) atoms. The van der Waals surface area contributed by atoms with Gasteiger partial charge in [0, 0.05) is 39.2 Å². The number of guanidine groups is 1. The molecule has 9 heteroatoms. The van der Waals surface area contributed by atoms with Crippen LogP contribution in [0.4, 0.5) is 0 Å². The van der Waals surface area contributed by atoms with Crippen molar-refractivity contribution in [2.45, 2.75) is 46.3 Å². The number of hydrogen-bond donors (Lipinski definition) is 3. The second-order valence-electron chi connectivity index (χ2n) is 8.57. The number of sulfonamides is 1. The highest BCUT2D eigenvalue weighted by Gasteiger charge is 2.35. The van der Waals surface area contributed by atoms with Crippen LogP contribution in [0.5, 0.6) is 0 Å².